The lowest BCUT2D eigenvalue weighted by Gasteiger charge is -2.22. The van der Waals surface area contributed by atoms with E-state index in [0.717, 1.165) is 18.2 Å². The summed E-state index contributed by atoms with van der Waals surface area (Å²) in [6.45, 7) is 2.59. The summed E-state index contributed by atoms with van der Waals surface area (Å²) in [6.07, 6.45) is 0. The Morgan fingerprint density at radius 3 is 2.35 bits per heavy atom. The summed E-state index contributed by atoms with van der Waals surface area (Å²) < 4.78 is 26.3. The molecule has 9 heteroatoms. The van der Waals surface area contributed by atoms with Crippen LogP contribution >= 0.6 is 11.6 Å². The molecule has 0 heterocycles. The van der Waals surface area contributed by atoms with E-state index in [1.165, 1.54) is 13.8 Å². The highest BCUT2D eigenvalue weighted by molar-refractivity contribution is 7.89. The van der Waals surface area contributed by atoms with Crippen LogP contribution in [0.25, 0.3) is 0 Å². The van der Waals surface area contributed by atoms with Crippen molar-refractivity contribution in [3.63, 3.8) is 0 Å². The summed E-state index contributed by atoms with van der Waals surface area (Å²) in [6, 6.07) is 3.19. The van der Waals surface area contributed by atoms with Crippen molar-refractivity contribution in [1.82, 2.24) is 4.72 Å². The van der Waals surface area contributed by atoms with Crippen LogP contribution in [0, 0.1) is 0 Å². The Morgan fingerprint density at radius 1 is 1.35 bits per heavy atom. The summed E-state index contributed by atoms with van der Waals surface area (Å²) in [5.41, 5.74) is 3.21. The van der Waals surface area contributed by atoms with Gasteiger partial charge in [0.25, 0.3) is 0 Å². The topological polar surface area (TPSA) is 127 Å². The summed E-state index contributed by atoms with van der Waals surface area (Å²) in [4.78, 5) is 21.7. The monoisotopic (exact) mass is 320 g/mol. The largest absolute Gasteiger partial charge is 0.478 e. The Hall–Kier alpha value is -1.64. The Labute approximate surface area is 120 Å². The fraction of sp³-hybridized carbons (Fsp3) is 0.273. The molecule has 0 unspecified atom stereocenters. The van der Waals surface area contributed by atoms with E-state index in [1.807, 2.05) is 0 Å². The van der Waals surface area contributed by atoms with Crippen LogP contribution in [0.15, 0.2) is 23.1 Å². The summed E-state index contributed by atoms with van der Waals surface area (Å²) in [5, 5.41) is 8.81. The third-order valence-corrected chi connectivity index (χ3v) is 4.47. The zero-order chi connectivity index (χ0) is 15.7. The number of primary amides is 1. The van der Waals surface area contributed by atoms with E-state index in [1.54, 1.807) is 0 Å². The molecule has 4 N–H and O–H groups in total. The molecule has 1 aromatic carbocycles. The number of halogens is 1. The van der Waals surface area contributed by atoms with Gasteiger partial charge in [0.2, 0.25) is 15.9 Å². The second-order valence-electron chi connectivity index (χ2n) is 4.54. The number of amides is 1. The van der Waals surface area contributed by atoms with Gasteiger partial charge < -0.3 is 10.8 Å². The number of nitrogens with two attached hydrogens (primary N) is 1. The van der Waals surface area contributed by atoms with Crippen LogP contribution in [0.2, 0.25) is 5.02 Å². The number of benzene rings is 1. The molecule has 0 aromatic heterocycles. The molecule has 20 heavy (non-hydrogen) atoms. The van der Waals surface area contributed by atoms with Crippen LogP contribution in [-0.2, 0) is 14.8 Å². The van der Waals surface area contributed by atoms with Crippen LogP contribution < -0.4 is 10.5 Å². The van der Waals surface area contributed by atoms with Gasteiger partial charge in [-0.1, -0.05) is 11.6 Å². The normalized spacial score (nSPS) is 12.2. The number of carboxylic acids is 1. The molecule has 0 saturated heterocycles. The smallest absolute Gasteiger partial charge is 0.337 e. The van der Waals surface area contributed by atoms with Crippen LogP contribution in [0.1, 0.15) is 24.2 Å². The van der Waals surface area contributed by atoms with Crippen molar-refractivity contribution in [1.29, 1.82) is 0 Å². The number of carboxylic acid groups (broad SMARTS) is 1. The molecule has 1 amide bonds. The molecule has 1 aromatic rings. The van der Waals surface area contributed by atoms with E-state index in [-0.39, 0.29) is 15.5 Å². The standard InChI is InChI=1S/C11H13ClN2O5S/c1-11(2,10(13)17)14-20(18,19)6-3-4-8(12)7(5-6)9(15)16/h3-5,14H,1-2H3,(H2,13,17)(H,15,16). The first-order chi connectivity index (χ1) is 8.97. The highest BCUT2D eigenvalue weighted by Crippen LogP contribution is 2.21. The van der Waals surface area contributed by atoms with Crippen molar-refractivity contribution in [2.75, 3.05) is 0 Å². The van der Waals surface area contributed by atoms with Gasteiger partial charge in [-0.2, -0.15) is 4.72 Å². The van der Waals surface area contributed by atoms with Gasteiger partial charge in [-0.15, -0.1) is 0 Å². The maximum atomic E-state index is 12.1. The minimum Gasteiger partial charge on any atom is -0.478 e. The quantitative estimate of drug-likeness (QED) is 0.731. The Kier molecular flexibility index (Phi) is 4.42. The number of carbonyl (C=O) groups is 2. The zero-order valence-corrected chi connectivity index (χ0v) is 12.2. The molecule has 0 bridgehead atoms. The number of aromatic carboxylic acids is 1. The van der Waals surface area contributed by atoms with Gasteiger partial charge in [-0.25, -0.2) is 13.2 Å². The molecule has 0 aliphatic carbocycles. The van der Waals surface area contributed by atoms with Gasteiger partial charge >= 0.3 is 5.97 Å². The number of carbonyl (C=O) groups excluding carboxylic acids is 1. The Balaban J connectivity index is 3.27. The van der Waals surface area contributed by atoms with Crippen LogP contribution in [-0.4, -0.2) is 30.9 Å². The zero-order valence-electron chi connectivity index (χ0n) is 10.7. The number of nitrogens with one attached hydrogen (secondary N) is 1. The fourth-order valence-electron chi connectivity index (χ4n) is 1.28. The highest BCUT2D eigenvalue weighted by atomic mass is 35.5. The predicted octanol–water partition coefficient (Wildman–Crippen LogP) is 0.580. The first-order valence-corrected chi connectivity index (χ1v) is 7.20. The minimum atomic E-state index is -4.11. The maximum Gasteiger partial charge on any atom is 0.337 e. The summed E-state index contributed by atoms with van der Waals surface area (Å²) >= 11 is 5.65. The van der Waals surface area contributed by atoms with E-state index in [9.17, 15) is 18.0 Å². The second kappa shape index (κ2) is 5.39. The van der Waals surface area contributed by atoms with E-state index in [2.05, 4.69) is 4.72 Å². The van der Waals surface area contributed by atoms with Crippen LogP contribution in [0.4, 0.5) is 0 Å². The number of rotatable bonds is 5. The lowest BCUT2D eigenvalue weighted by molar-refractivity contribution is -0.122. The molecule has 1 rings (SSSR count). The molecule has 0 aliphatic rings. The van der Waals surface area contributed by atoms with Crippen molar-refractivity contribution in [3.8, 4) is 0 Å². The van der Waals surface area contributed by atoms with Crippen LogP contribution in [0.5, 0.6) is 0 Å². The van der Waals surface area contributed by atoms with E-state index in [4.69, 9.17) is 22.4 Å². The molecule has 110 valence electrons. The summed E-state index contributed by atoms with van der Waals surface area (Å²) in [5.74, 6) is -2.23. The molecule has 0 radical (unpaired) electrons. The molecule has 0 fully saturated rings. The lowest BCUT2D eigenvalue weighted by atomic mass is 10.1. The SMILES string of the molecule is CC(C)(NS(=O)(=O)c1ccc(Cl)c(C(=O)O)c1)C(N)=O. The molecule has 7 nitrogen and oxygen atoms in total. The predicted molar refractivity (Wildman–Crippen MR) is 72.0 cm³/mol. The number of sulfonamides is 1. The number of hydrogen-bond acceptors (Lipinski definition) is 4. The van der Waals surface area contributed by atoms with Gasteiger partial charge in [0.1, 0.15) is 5.54 Å². The molecule has 0 aliphatic heterocycles. The van der Waals surface area contributed by atoms with Crippen LogP contribution in [0.3, 0.4) is 0 Å². The van der Waals surface area contributed by atoms with Crippen molar-refractivity contribution < 1.29 is 23.1 Å². The average molecular weight is 321 g/mol. The lowest BCUT2D eigenvalue weighted by Crippen LogP contribution is -2.52. The van der Waals surface area contributed by atoms with E-state index in [0.29, 0.717) is 0 Å². The first kappa shape index (κ1) is 16.4. The summed E-state index contributed by atoms with van der Waals surface area (Å²) in [7, 11) is -4.11. The van der Waals surface area contributed by atoms with E-state index >= 15 is 0 Å². The molecule has 0 spiro atoms. The van der Waals surface area contributed by atoms with E-state index < -0.39 is 27.4 Å². The van der Waals surface area contributed by atoms with Gasteiger partial charge in [-0.3, -0.25) is 4.79 Å². The Morgan fingerprint density at radius 2 is 1.90 bits per heavy atom. The molecule has 0 saturated carbocycles. The highest BCUT2D eigenvalue weighted by Gasteiger charge is 2.31. The third kappa shape index (κ3) is 3.47. The van der Waals surface area contributed by atoms with Gasteiger partial charge in [-0.05, 0) is 32.0 Å². The number of hydrogen-bond donors (Lipinski definition) is 3. The van der Waals surface area contributed by atoms with Gasteiger partial charge in [0.15, 0.2) is 0 Å². The average Bonchev–Trinajstić information content (AvgIpc) is 2.27. The first-order valence-electron chi connectivity index (χ1n) is 5.34. The van der Waals surface area contributed by atoms with Crippen molar-refractivity contribution in [2.24, 2.45) is 5.73 Å². The fourth-order valence-corrected chi connectivity index (χ4v) is 2.89. The molecular formula is C11H13ClN2O5S. The third-order valence-electron chi connectivity index (χ3n) is 2.48. The minimum absolute atomic E-state index is 0.0920. The van der Waals surface area contributed by atoms with Crippen molar-refractivity contribution >= 4 is 33.5 Å². The Bertz CT molecular complexity index is 669. The molecule has 0 atom stereocenters. The van der Waals surface area contributed by atoms with Crippen molar-refractivity contribution in [2.45, 2.75) is 24.3 Å². The van der Waals surface area contributed by atoms with Gasteiger partial charge in [0.05, 0.1) is 15.5 Å². The maximum absolute atomic E-state index is 12.1. The molecular weight excluding hydrogens is 308 g/mol. The van der Waals surface area contributed by atoms with Crippen molar-refractivity contribution in [3.05, 3.63) is 28.8 Å². The second-order valence-corrected chi connectivity index (χ2v) is 6.63. The van der Waals surface area contributed by atoms with Gasteiger partial charge in [0, 0.05) is 0 Å².